The number of piperazine rings is 1. The summed E-state index contributed by atoms with van der Waals surface area (Å²) in [7, 11) is -3.93. The summed E-state index contributed by atoms with van der Waals surface area (Å²) in [6.45, 7) is 0.753. The predicted octanol–water partition coefficient (Wildman–Crippen LogP) is 3.91. The Labute approximate surface area is 217 Å². The van der Waals surface area contributed by atoms with Crippen molar-refractivity contribution in [1.82, 2.24) is 14.8 Å². The number of nitrogens with zero attached hydrogens (tertiary/aromatic N) is 3. The van der Waals surface area contributed by atoms with Crippen LogP contribution >= 0.6 is 0 Å². The Hall–Kier alpha value is -4.38. The molecule has 1 aromatic heterocycles. The number of aromatic nitrogens is 1. The maximum Gasteiger partial charge on any atom is 0.264 e. The van der Waals surface area contributed by atoms with Gasteiger partial charge in [-0.2, -0.15) is 0 Å². The van der Waals surface area contributed by atoms with Gasteiger partial charge in [0.15, 0.2) is 11.6 Å². The van der Waals surface area contributed by atoms with Crippen molar-refractivity contribution in [2.24, 2.45) is 0 Å². The zero-order chi connectivity index (χ0) is 26.9. The lowest BCUT2D eigenvalue weighted by atomic mass is 10.1. The van der Waals surface area contributed by atoms with E-state index in [9.17, 15) is 26.8 Å². The number of benzene rings is 3. The van der Waals surface area contributed by atoms with Crippen LogP contribution in [0.4, 0.5) is 14.5 Å². The smallest absolute Gasteiger partial charge is 0.264 e. The van der Waals surface area contributed by atoms with Crippen LogP contribution in [0, 0.1) is 11.6 Å². The fourth-order valence-corrected chi connectivity index (χ4v) is 5.56. The van der Waals surface area contributed by atoms with Crippen molar-refractivity contribution in [3.63, 3.8) is 0 Å². The SMILES string of the molecule is O=C(c1ccc(NS(=O)(=O)c2cccc3cccnc23)cc1)N1CCN(C(=O)c2cccc(F)c2F)CC1. The number of fused-ring (bicyclic) bond motifs is 1. The molecule has 2 amide bonds. The van der Waals surface area contributed by atoms with Gasteiger partial charge >= 0.3 is 0 Å². The second-order valence-electron chi connectivity index (χ2n) is 8.70. The third kappa shape index (κ3) is 4.92. The fraction of sp³-hybridized carbons (Fsp3) is 0.148. The van der Waals surface area contributed by atoms with Gasteiger partial charge in [0.05, 0.1) is 11.1 Å². The number of pyridine rings is 1. The van der Waals surface area contributed by atoms with E-state index in [4.69, 9.17) is 0 Å². The molecule has 0 aliphatic carbocycles. The van der Waals surface area contributed by atoms with E-state index < -0.39 is 27.6 Å². The first-order valence-corrected chi connectivity index (χ1v) is 13.2. The summed E-state index contributed by atoms with van der Waals surface area (Å²) in [5, 5.41) is 0.694. The average molecular weight is 537 g/mol. The summed E-state index contributed by atoms with van der Waals surface area (Å²) in [6.07, 6.45) is 1.53. The van der Waals surface area contributed by atoms with Gasteiger partial charge in [-0.1, -0.05) is 24.3 Å². The summed E-state index contributed by atoms with van der Waals surface area (Å²) in [5.74, 6) is -3.21. The molecule has 4 aromatic rings. The molecule has 0 atom stereocenters. The van der Waals surface area contributed by atoms with Crippen LogP contribution < -0.4 is 4.72 Å². The van der Waals surface area contributed by atoms with Crippen LogP contribution in [0.5, 0.6) is 0 Å². The molecular weight excluding hydrogens is 514 g/mol. The summed E-state index contributed by atoms with van der Waals surface area (Å²) in [4.78, 5) is 32.7. The first-order chi connectivity index (χ1) is 18.2. The average Bonchev–Trinajstić information content (AvgIpc) is 2.94. The standard InChI is InChI=1S/C27H22F2N4O4S/c28-22-7-2-6-21(24(22)29)27(35)33-16-14-32(15-17-33)26(34)19-9-11-20(12-10-19)31-38(36,37)23-8-1-4-18-5-3-13-30-25(18)23/h1-13,31H,14-17H2. The molecule has 8 nitrogen and oxygen atoms in total. The number of hydrogen-bond acceptors (Lipinski definition) is 5. The third-order valence-corrected chi connectivity index (χ3v) is 7.72. The van der Waals surface area contributed by atoms with Crippen LogP contribution in [-0.4, -0.2) is 61.2 Å². The highest BCUT2D eigenvalue weighted by molar-refractivity contribution is 7.93. The normalized spacial score (nSPS) is 13.9. The third-order valence-electron chi connectivity index (χ3n) is 6.31. The highest BCUT2D eigenvalue weighted by atomic mass is 32.2. The van der Waals surface area contributed by atoms with Crippen LogP contribution in [-0.2, 0) is 10.0 Å². The van der Waals surface area contributed by atoms with E-state index in [2.05, 4.69) is 9.71 Å². The Bertz CT molecular complexity index is 1630. The van der Waals surface area contributed by atoms with Crippen molar-refractivity contribution in [3.8, 4) is 0 Å². The first-order valence-electron chi connectivity index (χ1n) is 11.7. The van der Waals surface area contributed by atoms with Gasteiger partial charge in [-0.15, -0.1) is 0 Å². The lowest BCUT2D eigenvalue weighted by Gasteiger charge is -2.35. The molecule has 0 radical (unpaired) electrons. The van der Waals surface area contributed by atoms with E-state index in [1.165, 1.54) is 53.6 Å². The summed E-state index contributed by atoms with van der Waals surface area (Å²) < 4.78 is 56.0. The van der Waals surface area contributed by atoms with Gasteiger partial charge in [0, 0.05) is 49.0 Å². The molecule has 1 saturated heterocycles. The molecule has 3 aromatic carbocycles. The maximum absolute atomic E-state index is 14.0. The molecule has 0 spiro atoms. The Kier molecular flexibility index (Phi) is 6.77. The van der Waals surface area contributed by atoms with Crippen molar-refractivity contribution in [2.75, 3.05) is 30.9 Å². The van der Waals surface area contributed by atoms with Crippen molar-refractivity contribution in [1.29, 1.82) is 0 Å². The van der Waals surface area contributed by atoms with E-state index >= 15 is 0 Å². The number of para-hydroxylation sites is 1. The van der Waals surface area contributed by atoms with Gasteiger partial charge in [0.2, 0.25) is 0 Å². The summed E-state index contributed by atoms with van der Waals surface area (Å²) in [5.41, 5.74) is 0.631. The highest BCUT2D eigenvalue weighted by Crippen LogP contribution is 2.24. The minimum Gasteiger partial charge on any atom is -0.335 e. The van der Waals surface area contributed by atoms with Gasteiger partial charge in [-0.25, -0.2) is 17.2 Å². The predicted molar refractivity (Wildman–Crippen MR) is 137 cm³/mol. The van der Waals surface area contributed by atoms with Crippen molar-refractivity contribution >= 4 is 38.4 Å². The minimum absolute atomic E-state index is 0.0429. The Morgan fingerprint density at radius 1 is 0.789 bits per heavy atom. The number of rotatable bonds is 5. The quantitative estimate of drug-likeness (QED) is 0.417. The van der Waals surface area contributed by atoms with Gasteiger partial charge < -0.3 is 9.80 Å². The van der Waals surface area contributed by atoms with Gasteiger partial charge in [-0.3, -0.25) is 19.3 Å². The Morgan fingerprint density at radius 2 is 1.42 bits per heavy atom. The molecule has 1 N–H and O–H groups in total. The zero-order valence-electron chi connectivity index (χ0n) is 20.0. The maximum atomic E-state index is 14.0. The second kappa shape index (κ2) is 10.2. The number of amides is 2. The molecule has 2 heterocycles. The van der Waals surface area contributed by atoms with E-state index in [0.29, 0.717) is 16.5 Å². The van der Waals surface area contributed by atoms with Gasteiger partial charge in [0.1, 0.15) is 4.90 Å². The summed E-state index contributed by atoms with van der Waals surface area (Å²) >= 11 is 0. The largest absolute Gasteiger partial charge is 0.335 e. The number of sulfonamides is 1. The molecule has 1 aliphatic rings. The van der Waals surface area contributed by atoms with Crippen LogP contribution in [0.15, 0.2) is 83.9 Å². The number of hydrogen-bond donors (Lipinski definition) is 1. The number of nitrogens with one attached hydrogen (secondary N) is 1. The second-order valence-corrected chi connectivity index (χ2v) is 10.4. The topological polar surface area (TPSA) is 99.7 Å². The monoisotopic (exact) mass is 536 g/mol. The van der Waals surface area contributed by atoms with E-state index in [1.54, 1.807) is 29.2 Å². The molecule has 38 heavy (non-hydrogen) atoms. The van der Waals surface area contributed by atoms with Gasteiger partial charge in [0.25, 0.3) is 21.8 Å². The number of halogens is 2. The van der Waals surface area contributed by atoms with E-state index in [1.807, 2.05) is 0 Å². The van der Waals surface area contributed by atoms with Crippen LogP contribution in [0.1, 0.15) is 20.7 Å². The van der Waals surface area contributed by atoms with Crippen molar-refractivity contribution in [2.45, 2.75) is 4.90 Å². The molecular formula is C27H22F2N4O4S. The van der Waals surface area contributed by atoms with Crippen LogP contribution in [0.2, 0.25) is 0 Å². The molecule has 0 unspecified atom stereocenters. The van der Waals surface area contributed by atoms with Crippen LogP contribution in [0.25, 0.3) is 10.9 Å². The van der Waals surface area contributed by atoms with Crippen LogP contribution in [0.3, 0.4) is 0 Å². The molecule has 5 rings (SSSR count). The molecule has 0 bridgehead atoms. The molecule has 194 valence electrons. The molecule has 11 heteroatoms. The highest BCUT2D eigenvalue weighted by Gasteiger charge is 2.27. The van der Waals surface area contributed by atoms with E-state index in [0.717, 1.165) is 6.07 Å². The summed E-state index contributed by atoms with van der Waals surface area (Å²) in [6, 6.07) is 17.9. The minimum atomic E-state index is -3.93. The lowest BCUT2D eigenvalue weighted by molar-refractivity contribution is 0.0532. The number of carbonyl (C=O) groups excluding carboxylic acids is 2. The Morgan fingerprint density at radius 3 is 2.13 bits per heavy atom. The fourth-order valence-electron chi connectivity index (χ4n) is 4.32. The molecule has 1 fully saturated rings. The first kappa shape index (κ1) is 25.3. The van der Waals surface area contributed by atoms with E-state index in [-0.39, 0.29) is 48.2 Å². The number of carbonyl (C=O) groups is 2. The molecule has 0 saturated carbocycles. The molecule has 1 aliphatic heterocycles. The number of anilines is 1. The zero-order valence-corrected chi connectivity index (χ0v) is 20.8. The van der Waals surface area contributed by atoms with Crippen molar-refractivity contribution in [3.05, 3.63) is 102 Å². The lowest BCUT2D eigenvalue weighted by Crippen LogP contribution is -2.50. The Balaban J connectivity index is 1.23. The van der Waals surface area contributed by atoms with Gasteiger partial charge in [-0.05, 0) is 48.5 Å². The van der Waals surface area contributed by atoms with Crippen molar-refractivity contribution < 1.29 is 26.8 Å².